The normalized spacial score (nSPS) is 12.0. The van der Waals surface area contributed by atoms with Crippen molar-refractivity contribution in [1.29, 1.82) is 0 Å². The standard InChI is InChI=1S/C69H136O5/c1-3-5-7-9-11-13-15-17-19-21-23-25-26-27-28-29-30-31-32-33-34-35-36-37-38-39-40-41-42-44-46-48-50-52-54-56-58-60-62-64-69(72)74-67(65-70)66-73-68(71)63-61-59-57-55-53-51-49-47-45-43-24-22-20-18-16-14-12-10-8-6-4-2/h67,70H,3-66H2,1-2H3. The minimum absolute atomic E-state index is 0.0555. The van der Waals surface area contributed by atoms with Gasteiger partial charge >= 0.3 is 11.9 Å². The summed E-state index contributed by atoms with van der Waals surface area (Å²) in [6.45, 7) is 4.22. The Balaban J connectivity index is 3.33. The number of unbranched alkanes of at least 4 members (excludes halogenated alkanes) is 58. The summed E-state index contributed by atoms with van der Waals surface area (Å²) in [6, 6.07) is 0. The number of hydrogen-bond donors (Lipinski definition) is 1. The van der Waals surface area contributed by atoms with E-state index in [0.717, 1.165) is 32.1 Å². The Morgan fingerprint density at radius 3 is 0.595 bits per heavy atom. The van der Waals surface area contributed by atoms with E-state index in [1.165, 1.54) is 353 Å². The maximum absolute atomic E-state index is 12.3. The van der Waals surface area contributed by atoms with Crippen LogP contribution >= 0.6 is 0 Å². The van der Waals surface area contributed by atoms with Crippen molar-refractivity contribution in [1.82, 2.24) is 0 Å². The summed E-state index contributed by atoms with van der Waals surface area (Å²) < 4.78 is 10.8. The predicted molar refractivity (Wildman–Crippen MR) is 326 cm³/mol. The zero-order valence-electron chi connectivity index (χ0n) is 50.9. The average Bonchev–Trinajstić information content (AvgIpc) is 3.40. The van der Waals surface area contributed by atoms with Crippen LogP contribution in [0.3, 0.4) is 0 Å². The van der Waals surface area contributed by atoms with Crippen molar-refractivity contribution in [3.05, 3.63) is 0 Å². The van der Waals surface area contributed by atoms with Crippen LogP contribution < -0.4 is 0 Å². The van der Waals surface area contributed by atoms with Crippen LogP contribution in [0.5, 0.6) is 0 Å². The fraction of sp³-hybridized carbons (Fsp3) is 0.971. The van der Waals surface area contributed by atoms with Gasteiger partial charge in [-0.05, 0) is 12.8 Å². The van der Waals surface area contributed by atoms with Crippen LogP contribution in [-0.4, -0.2) is 36.4 Å². The largest absolute Gasteiger partial charge is 0.462 e. The highest BCUT2D eigenvalue weighted by Gasteiger charge is 2.16. The average molecular weight is 1050 g/mol. The van der Waals surface area contributed by atoms with Crippen molar-refractivity contribution < 1.29 is 24.2 Å². The minimum atomic E-state index is -0.765. The zero-order valence-corrected chi connectivity index (χ0v) is 50.9. The summed E-state index contributed by atoms with van der Waals surface area (Å²) in [5, 5.41) is 9.68. The highest BCUT2D eigenvalue weighted by Crippen LogP contribution is 2.20. The smallest absolute Gasteiger partial charge is 0.306 e. The molecule has 0 aromatic rings. The van der Waals surface area contributed by atoms with Crippen molar-refractivity contribution in [2.75, 3.05) is 13.2 Å². The van der Waals surface area contributed by atoms with Crippen LogP contribution in [0.15, 0.2) is 0 Å². The molecule has 0 heterocycles. The van der Waals surface area contributed by atoms with Crippen LogP contribution in [0, 0.1) is 0 Å². The molecule has 74 heavy (non-hydrogen) atoms. The monoisotopic (exact) mass is 1050 g/mol. The quantitative estimate of drug-likeness (QED) is 0.0485. The second-order valence-corrected chi connectivity index (χ2v) is 24.0. The van der Waals surface area contributed by atoms with Crippen molar-refractivity contribution >= 4 is 11.9 Å². The van der Waals surface area contributed by atoms with E-state index in [-0.39, 0.29) is 25.2 Å². The van der Waals surface area contributed by atoms with Gasteiger partial charge in [0.15, 0.2) is 6.10 Å². The third-order valence-electron chi connectivity index (χ3n) is 16.4. The van der Waals surface area contributed by atoms with Gasteiger partial charge in [0.25, 0.3) is 0 Å². The lowest BCUT2D eigenvalue weighted by atomic mass is 10.0. The van der Waals surface area contributed by atoms with Crippen LogP contribution in [-0.2, 0) is 19.1 Å². The van der Waals surface area contributed by atoms with E-state index < -0.39 is 6.10 Å². The van der Waals surface area contributed by atoms with E-state index in [1.54, 1.807) is 0 Å². The Morgan fingerprint density at radius 1 is 0.257 bits per heavy atom. The molecule has 5 nitrogen and oxygen atoms in total. The third kappa shape index (κ3) is 63.4. The molecule has 0 bridgehead atoms. The van der Waals surface area contributed by atoms with Crippen molar-refractivity contribution in [2.24, 2.45) is 0 Å². The summed E-state index contributed by atoms with van der Waals surface area (Å²) >= 11 is 0. The molecule has 0 aliphatic heterocycles. The summed E-state index contributed by atoms with van der Waals surface area (Å²) in [7, 11) is 0. The van der Waals surface area contributed by atoms with Crippen molar-refractivity contribution in [3.8, 4) is 0 Å². The van der Waals surface area contributed by atoms with Crippen LogP contribution in [0.2, 0.25) is 0 Å². The summed E-state index contributed by atoms with van der Waals surface area (Å²) in [5.74, 6) is -0.560. The maximum atomic E-state index is 12.3. The molecule has 442 valence electrons. The molecule has 1 atom stereocenters. The van der Waals surface area contributed by atoms with Gasteiger partial charge in [-0.2, -0.15) is 0 Å². The van der Waals surface area contributed by atoms with Gasteiger partial charge in [0.2, 0.25) is 0 Å². The number of carbonyl (C=O) groups is 2. The van der Waals surface area contributed by atoms with Gasteiger partial charge in [0.05, 0.1) is 6.61 Å². The number of rotatable bonds is 66. The lowest BCUT2D eigenvalue weighted by Crippen LogP contribution is -2.28. The Kier molecular flexibility index (Phi) is 65.2. The fourth-order valence-electron chi connectivity index (χ4n) is 11.2. The number of ether oxygens (including phenoxy) is 2. The van der Waals surface area contributed by atoms with Crippen molar-refractivity contribution in [2.45, 2.75) is 418 Å². The lowest BCUT2D eigenvalue weighted by molar-refractivity contribution is -0.161. The maximum Gasteiger partial charge on any atom is 0.306 e. The molecule has 5 heteroatoms. The first-order valence-corrected chi connectivity index (χ1v) is 34.6. The number of esters is 2. The van der Waals surface area contributed by atoms with E-state index in [9.17, 15) is 14.7 Å². The highest BCUT2D eigenvalue weighted by molar-refractivity contribution is 5.70. The van der Waals surface area contributed by atoms with E-state index >= 15 is 0 Å². The molecule has 1 N–H and O–H groups in total. The Bertz CT molecular complexity index is 1050. The van der Waals surface area contributed by atoms with Gasteiger partial charge < -0.3 is 14.6 Å². The first-order chi connectivity index (χ1) is 36.6. The molecule has 1 unspecified atom stereocenters. The van der Waals surface area contributed by atoms with Gasteiger partial charge in [-0.15, -0.1) is 0 Å². The molecule has 0 aliphatic rings. The van der Waals surface area contributed by atoms with Crippen LogP contribution in [0.4, 0.5) is 0 Å². The third-order valence-corrected chi connectivity index (χ3v) is 16.4. The Morgan fingerprint density at radius 2 is 0.419 bits per heavy atom. The summed E-state index contributed by atoms with van der Waals surface area (Å²) in [6.07, 6.45) is 83.0. The lowest BCUT2D eigenvalue weighted by Gasteiger charge is -2.15. The van der Waals surface area contributed by atoms with Crippen molar-refractivity contribution in [3.63, 3.8) is 0 Å². The van der Waals surface area contributed by atoms with Gasteiger partial charge in [0.1, 0.15) is 6.61 Å². The van der Waals surface area contributed by atoms with Gasteiger partial charge in [0, 0.05) is 12.8 Å². The Hall–Kier alpha value is -1.10. The number of carbonyl (C=O) groups excluding carboxylic acids is 2. The molecule has 0 aromatic heterocycles. The number of aliphatic hydroxyl groups excluding tert-OH is 1. The molecule has 0 aromatic carbocycles. The topological polar surface area (TPSA) is 72.8 Å². The molecular weight excluding hydrogens is 909 g/mol. The molecule has 0 saturated carbocycles. The van der Waals surface area contributed by atoms with E-state index in [4.69, 9.17) is 9.47 Å². The second-order valence-electron chi connectivity index (χ2n) is 24.0. The molecule has 0 aliphatic carbocycles. The number of hydrogen-bond acceptors (Lipinski definition) is 5. The fourth-order valence-corrected chi connectivity index (χ4v) is 11.2. The SMILES string of the molecule is CCCCCCCCCCCCCCCCCCCCCCCCCCCCCCCCCCCCCCCCCC(=O)OC(CO)COC(=O)CCCCCCCCCCCCCCCCCCCCCCC. The molecular formula is C69H136O5. The second kappa shape index (κ2) is 66.2. The first kappa shape index (κ1) is 72.9. The van der Waals surface area contributed by atoms with Crippen LogP contribution in [0.1, 0.15) is 412 Å². The molecule has 0 radical (unpaired) electrons. The predicted octanol–water partition coefficient (Wildman–Crippen LogP) is 23.7. The van der Waals surface area contributed by atoms with E-state index in [1.807, 2.05) is 0 Å². The summed E-state index contributed by atoms with van der Waals surface area (Å²) in [4.78, 5) is 24.6. The molecule has 0 saturated heterocycles. The Labute approximate surface area is 465 Å². The van der Waals surface area contributed by atoms with E-state index in [2.05, 4.69) is 13.8 Å². The van der Waals surface area contributed by atoms with E-state index in [0.29, 0.717) is 12.8 Å². The molecule has 0 rings (SSSR count). The number of aliphatic hydroxyl groups is 1. The molecule has 0 fully saturated rings. The molecule has 0 spiro atoms. The first-order valence-electron chi connectivity index (χ1n) is 34.6. The minimum Gasteiger partial charge on any atom is -0.462 e. The highest BCUT2D eigenvalue weighted by atomic mass is 16.6. The summed E-state index contributed by atoms with van der Waals surface area (Å²) in [5.41, 5.74) is 0. The molecule has 0 amide bonds. The van der Waals surface area contributed by atoms with Gasteiger partial charge in [-0.1, -0.05) is 386 Å². The van der Waals surface area contributed by atoms with Crippen LogP contribution in [0.25, 0.3) is 0 Å². The van der Waals surface area contributed by atoms with Gasteiger partial charge in [-0.25, -0.2) is 0 Å². The van der Waals surface area contributed by atoms with Gasteiger partial charge in [-0.3, -0.25) is 9.59 Å². The zero-order chi connectivity index (χ0) is 53.4.